The molecule has 1 saturated heterocycles. The van der Waals surface area contributed by atoms with Gasteiger partial charge in [-0.05, 0) is 49.6 Å². The lowest BCUT2D eigenvalue weighted by Crippen LogP contribution is -2.35. The van der Waals surface area contributed by atoms with Crippen LogP contribution in [0, 0.1) is 6.92 Å². The third-order valence-corrected chi connectivity index (χ3v) is 5.63. The second-order valence-corrected chi connectivity index (χ2v) is 7.98. The Labute approximate surface area is 172 Å². The smallest absolute Gasteiger partial charge is 0.319 e. The zero-order valence-electron chi connectivity index (χ0n) is 16.0. The van der Waals surface area contributed by atoms with Crippen molar-refractivity contribution < 1.29 is 14.3 Å². The molecule has 1 fully saturated rings. The summed E-state index contributed by atoms with van der Waals surface area (Å²) < 4.78 is 6.40. The number of carbonyl (C=O) groups excluding carboxylic acids is 2. The first kappa shape index (κ1) is 19.4. The Balaban J connectivity index is 1.43. The van der Waals surface area contributed by atoms with Crippen molar-refractivity contribution in [1.29, 1.82) is 0 Å². The maximum atomic E-state index is 12.3. The van der Waals surface area contributed by atoms with E-state index in [0.29, 0.717) is 22.9 Å². The van der Waals surface area contributed by atoms with Gasteiger partial charge >= 0.3 is 6.03 Å². The van der Waals surface area contributed by atoms with E-state index in [0.717, 1.165) is 35.2 Å². The Bertz CT molecular complexity index is 1030. The van der Waals surface area contributed by atoms with Gasteiger partial charge in [-0.1, -0.05) is 29.5 Å². The van der Waals surface area contributed by atoms with Gasteiger partial charge in [0, 0.05) is 24.4 Å². The highest BCUT2D eigenvalue weighted by atomic mass is 32.1. The molecular weight excluding hydrogens is 388 g/mol. The van der Waals surface area contributed by atoms with Gasteiger partial charge < -0.3 is 15.4 Å². The van der Waals surface area contributed by atoms with E-state index in [2.05, 4.69) is 20.9 Å². The molecule has 150 valence electrons. The van der Waals surface area contributed by atoms with Crippen LogP contribution < -0.4 is 16.0 Å². The molecule has 3 amide bonds. The minimum absolute atomic E-state index is 0.0993. The van der Waals surface area contributed by atoms with Crippen LogP contribution in [0.5, 0.6) is 0 Å². The summed E-state index contributed by atoms with van der Waals surface area (Å²) in [5, 5.41) is 9.07. The molecule has 3 N–H and O–H groups in total. The van der Waals surface area contributed by atoms with Crippen LogP contribution >= 0.6 is 11.3 Å². The molecule has 1 atom stereocenters. The van der Waals surface area contributed by atoms with E-state index in [9.17, 15) is 9.59 Å². The van der Waals surface area contributed by atoms with Crippen LogP contribution in [0.4, 0.5) is 15.6 Å². The molecular formula is C21H22N4O3S. The van der Waals surface area contributed by atoms with Crippen molar-refractivity contribution >= 4 is 44.3 Å². The summed E-state index contributed by atoms with van der Waals surface area (Å²) in [6.45, 7) is 3.20. The summed E-state index contributed by atoms with van der Waals surface area (Å²) in [5.41, 5.74) is 3.00. The fraction of sp³-hybridized carbons (Fsp3) is 0.286. The fourth-order valence-corrected chi connectivity index (χ4v) is 4.25. The predicted molar refractivity (Wildman–Crippen MR) is 115 cm³/mol. The number of benzene rings is 2. The third kappa shape index (κ3) is 4.72. The molecule has 0 saturated carbocycles. The van der Waals surface area contributed by atoms with E-state index in [1.54, 1.807) is 12.1 Å². The van der Waals surface area contributed by atoms with Gasteiger partial charge in [-0.25, -0.2) is 9.78 Å². The molecule has 1 unspecified atom stereocenters. The normalized spacial score (nSPS) is 16.0. The molecule has 4 rings (SSSR count). The van der Waals surface area contributed by atoms with Gasteiger partial charge in [0.15, 0.2) is 5.13 Å². The number of aromatic nitrogens is 1. The van der Waals surface area contributed by atoms with Crippen molar-refractivity contribution in [1.82, 2.24) is 10.3 Å². The summed E-state index contributed by atoms with van der Waals surface area (Å²) in [4.78, 5) is 29.1. The molecule has 1 aliphatic heterocycles. The lowest BCUT2D eigenvalue weighted by Gasteiger charge is -2.12. The Morgan fingerprint density at radius 1 is 1.21 bits per heavy atom. The number of nitrogens with zero attached hydrogens (tertiary/aromatic N) is 1. The van der Waals surface area contributed by atoms with Crippen molar-refractivity contribution in [3.63, 3.8) is 0 Å². The standard InChI is InChI=1S/C21H22N4O3S/c1-13-10-15(23-20(27)22-12-16-8-5-9-28-16)11-17-18(13)24-21(29-17)25-19(26)14-6-3-2-4-7-14/h2-4,6-7,10-11,16H,5,8-9,12H2,1H3,(H2,22,23,27)(H,24,25,26). The number of anilines is 2. The average molecular weight is 410 g/mol. The molecule has 3 aromatic rings. The molecule has 1 aliphatic rings. The van der Waals surface area contributed by atoms with Crippen LogP contribution in [-0.4, -0.2) is 36.2 Å². The minimum atomic E-state index is -0.263. The molecule has 0 bridgehead atoms. The Kier molecular flexibility index (Phi) is 5.73. The number of urea groups is 1. The second-order valence-electron chi connectivity index (χ2n) is 6.95. The van der Waals surface area contributed by atoms with Gasteiger partial charge in [0.25, 0.3) is 5.91 Å². The molecule has 0 spiro atoms. The van der Waals surface area contributed by atoms with E-state index < -0.39 is 0 Å². The first-order chi connectivity index (χ1) is 14.1. The molecule has 0 aliphatic carbocycles. The fourth-order valence-electron chi connectivity index (χ4n) is 3.27. The minimum Gasteiger partial charge on any atom is -0.376 e. The number of aryl methyl sites for hydroxylation is 1. The zero-order valence-corrected chi connectivity index (χ0v) is 16.8. The number of hydrogen-bond acceptors (Lipinski definition) is 5. The summed E-state index contributed by atoms with van der Waals surface area (Å²) >= 11 is 1.37. The predicted octanol–water partition coefficient (Wildman–Crippen LogP) is 4.16. The van der Waals surface area contributed by atoms with Crippen LogP contribution in [0.2, 0.25) is 0 Å². The summed E-state index contributed by atoms with van der Waals surface area (Å²) in [6, 6.07) is 12.5. The highest BCUT2D eigenvalue weighted by Gasteiger charge is 2.17. The zero-order chi connectivity index (χ0) is 20.2. The third-order valence-electron chi connectivity index (χ3n) is 4.71. The number of hydrogen-bond donors (Lipinski definition) is 3. The van der Waals surface area contributed by atoms with Crippen molar-refractivity contribution in [2.45, 2.75) is 25.9 Å². The summed E-state index contributed by atoms with van der Waals surface area (Å²) in [6.07, 6.45) is 2.12. The topological polar surface area (TPSA) is 92.4 Å². The summed E-state index contributed by atoms with van der Waals surface area (Å²) in [7, 11) is 0. The van der Waals surface area contributed by atoms with Gasteiger partial charge in [-0.3, -0.25) is 10.1 Å². The lowest BCUT2D eigenvalue weighted by atomic mass is 10.2. The molecule has 0 radical (unpaired) electrons. The first-order valence-corrected chi connectivity index (χ1v) is 10.3. The van der Waals surface area contributed by atoms with E-state index in [1.165, 1.54) is 11.3 Å². The average Bonchev–Trinajstić information content (AvgIpc) is 3.37. The Morgan fingerprint density at radius 2 is 2.03 bits per heavy atom. The maximum absolute atomic E-state index is 12.3. The molecule has 2 aromatic carbocycles. The summed E-state index contributed by atoms with van der Waals surface area (Å²) in [5.74, 6) is -0.200. The maximum Gasteiger partial charge on any atom is 0.319 e. The van der Waals surface area contributed by atoms with Crippen LogP contribution in [0.3, 0.4) is 0 Å². The molecule has 1 aromatic heterocycles. The highest BCUT2D eigenvalue weighted by Crippen LogP contribution is 2.31. The Hall–Kier alpha value is -2.97. The molecule has 7 nitrogen and oxygen atoms in total. The number of amides is 3. The van der Waals surface area contributed by atoms with Crippen LogP contribution in [-0.2, 0) is 4.74 Å². The van der Waals surface area contributed by atoms with Crippen LogP contribution in [0.1, 0.15) is 28.8 Å². The van der Waals surface area contributed by atoms with Crippen LogP contribution in [0.15, 0.2) is 42.5 Å². The van der Waals surface area contributed by atoms with Gasteiger partial charge in [0.05, 0.1) is 16.3 Å². The Morgan fingerprint density at radius 3 is 2.79 bits per heavy atom. The molecule has 2 heterocycles. The SMILES string of the molecule is Cc1cc(NC(=O)NCC2CCCO2)cc2sc(NC(=O)c3ccccc3)nc12. The number of nitrogens with one attached hydrogen (secondary N) is 3. The monoisotopic (exact) mass is 410 g/mol. The number of rotatable bonds is 5. The number of fused-ring (bicyclic) bond motifs is 1. The molecule has 29 heavy (non-hydrogen) atoms. The lowest BCUT2D eigenvalue weighted by molar-refractivity contribution is 0.102. The highest BCUT2D eigenvalue weighted by molar-refractivity contribution is 7.22. The second kappa shape index (κ2) is 8.59. The van der Waals surface area contributed by atoms with Gasteiger partial charge in [-0.15, -0.1) is 0 Å². The van der Waals surface area contributed by atoms with Gasteiger partial charge in [-0.2, -0.15) is 0 Å². The van der Waals surface area contributed by atoms with E-state index in [4.69, 9.17) is 4.74 Å². The largest absolute Gasteiger partial charge is 0.376 e. The van der Waals surface area contributed by atoms with Crippen molar-refractivity contribution in [3.8, 4) is 0 Å². The van der Waals surface area contributed by atoms with Gasteiger partial charge in [0.2, 0.25) is 0 Å². The number of thiazole rings is 1. The quantitative estimate of drug-likeness (QED) is 0.589. The van der Waals surface area contributed by atoms with E-state index in [-0.39, 0.29) is 18.0 Å². The van der Waals surface area contributed by atoms with Gasteiger partial charge in [0.1, 0.15) is 0 Å². The first-order valence-electron chi connectivity index (χ1n) is 9.52. The van der Waals surface area contributed by atoms with Crippen molar-refractivity contribution in [3.05, 3.63) is 53.6 Å². The molecule has 8 heteroatoms. The van der Waals surface area contributed by atoms with E-state index >= 15 is 0 Å². The van der Waals surface area contributed by atoms with Crippen molar-refractivity contribution in [2.24, 2.45) is 0 Å². The number of ether oxygens (including phenoxy) is 1. The van der Waals surface area contributed by atoms with E-state index in [1.807, 2.05) is 37.3 Å². The van der Waals surface area contributed by atoms with Crippen molar-refractivity contribution in [2.75, 3.05) is 23.8 Å². The van der Waals surface area contributed by atoms with Crippen LogP contribution in [0.25, 0.3) is 10.2 Å². The number of carbonyl (C=O) groups is 2.